The Morgan fingerprint density at radius 3 is 2.59 bits per heavy atom. The molecule has 0 saturated carbocycles. The lowest BCUT2D eigenvalue weighted by molar-refractivity contribution is -0.118. The van der Waals surface area contributed by atoms with Crippen LogP contribution in [0.15, 0.2) is 40.9 Å². The van der Waals surface area contributed by atoms with E-state index in [9.17, 15) is 4.79 Å². The van der Waals surface area contributed by atoms with Crippen LogP contribution in [0.5, 0.6) is 0 Å². The molecule has 1 atom stereocenters. The topological polar surface area (TPSA) is 79.6 Å². The molecule has 27 heavy (non-hydrogen) atoms. The second-order valence-electron chi connectivity index (χ2n) is 7.45. The van der Waals surface area contributed by atoms with Gasteiger partial charge in [-0.2, -0.15) is 0 Å². The number of rotatable bonds is 7. The molecular weight excluding hydrogens is 344 g/mol. The number of aryl methyl sites for hydroxylation is 1. The number of aromatic nitrogens is 1. The fourth-order valence-electron chi connectivity index (χ4n) is 3.26. The van der Waals surface area contributed by atoms with Gasteiger partial charge >= 0.3 is 0 Å². The highest BCUT2D eigenvalue weighted by Crippen LogP contribution is 2.20. The summed E-state index contributed by atoms with van der Waals surface area (Å²) in [6.07, 6.45) is 0. The molecule has 0 aliphatic carbocycles. The second-order valence-corrected chi connectivity index (χ2v) is 7.45. The van der Waals surface area contributed by atoms with E-state index >= 15 is 0 Å². The average Bonchev–Trinajstić information content (AvgIpc) is 3.08. The maximum atomic E-state index is 12.9. The number of morpholine rings is 1. The summed E-state index contributed by atoms with van der Waals surface area (Å²) in [7, 11) is 0. The van der Waals surface area contributed by atoms with Crippen LogP contribution in [0.1, 0.15) is 31.2 Å². The zero-order valence-corrected chi connectivity index (χ0v) is 16.2. The van der Waals surface area contributed by atoms with E-state index < -0.39 is 6.04 Å². The maximum absolute atomic E-state index is 12.9. The first kappa shape index (κ1) is 19.5. The van der Waals surface area contributed by atoms with Crippen molar-refractivity contribution in [1.82, 2.24) is 15.4 Å². The quantitative estimate of drug-likeness (QED) is 0.777. The van der Waals surface area contributed by atoms with Crippen molar-refractivity contribution in [2.45, 2.75) is 32.4 Å². The first-order valence-electron chi connectivity index (χ1n) is 9.31. The van der Waals surface area contributed by atoms with Crippen molar-refractivity contribution in [3.05, 3.63) is 47.7 Å². The number of hydrogen-bond acceptors (Lipinski definition) is 6. The van der Waals surface area contributed by atoms with Crippen molar-refractivity contribution in [2.24, 2.45) is 0 Å². The molecule has 2 aromatic rings. The van der Waals surface area contributed by atoms with E-state index in [1.807, 2.05) is 30.3 Å². The normalized spacial score (nSPS) is 16.9. The predicted molar refractivity (Wildman–Crippen MR) is 104 cm³/mol. The Kier molecular flexibility index (Phi) is 6.26. The molecule has 0 spiro atoms. The van der Waals surface area contributed by atoms with Crippen LogP contribution >= 0.6 is 0 Å². The van der Waals surface area contributed by atoms with Gasteiger partial charge in [-0.15, -0.1) is 0 Å². The van der Waals surface area contributed by atoms with Crippen molar-refractivity contribution in [2.75, 3.05) is 38.2 Å². The van der Waals surface area contributed by atoms with Crippen LogP contribution in [0, 0.1) is 6.92 Å². The Labute approximate surface area is 160 Å². The van der Waals surface area contributed by atoms with E-state index in [0.29, 0.717) is 18.1 Å². The summed E-state index contributed by atoms with van der Waals surface area (Å²) in [6.45, 7) is 10.1. The molecule has 2 heterocycles. The molecule has 1 amide bonds. The molecule has 3 rings (SSSR count). The number of benzene rings is 1. The molecule has 0 bridgehead atoms. The van der Waals surface area contributed by atoms with Crippen LogP contribution in [0.2, 0.25) is 0 Å². The molecule has 0 unspecified atom stereocenters. The van der Waals surface area contributed by atoms with Crippen molar-refractivity contribution in [1.29, 1.82) is 0 Å². The molecule has 1 aliphatic heterocycles. The van der Waals surface area contributed by atoms with Gasteiger partial charge in [-0.05, 0) is 26.3 Å². The van der Waals surface area contributed by atoms with Crippen molar-refractivity contribution >= 4 is 11.7 Å². The van der Waals surface area contributed by atoms with E-state index in [1.54, 1.807) is 13.0 Å². The lowest BCUT2D eigenvalue weighted by Gasteiger charge is -2.41. The van der Waals surface area contributed by atoms with Gasteiger partial charge in [-0.3, -0.25) is 9.69 Å². The number of nitrogens with one attached hydrogen (secondary N) is 2. The predicted octanol–water partition coefficient (Wildman–Crippen LogP) is 2.36. The number of carbonyl (C=O) groups excluding carboxylic acids is 1. The SMILES string of the molecule is Cc1cc(NC(=O)[C@@H](NCC(C)(C)N2CCOCC2)c2ccccc2)no1. The van der Waals surface area contributed by atoms with Crippen molar-refractivity contribution in [3.8, 4) is 0 Å². The van der Waals surface area contributed by atoms with Crippen LogP contribution in [0.25, 0.3) is 0 Å². The second kappa shape index (κ2) is 8.65. The highest BCUT2D eigenvalue weighted by Gasteiger charge is 2.30. The minimum Gasteiger partial charge on any atom is -0.379 e. The molecular formula is C20H28N4O3. The minimum absolute atomic E-state index is 0.0957. The number of ether oxygens (including phenoxy) is 1. The summed E-state index contributed by atoms with van der Waals surface area (Å²) in [5.41, 5.74) is 0.815. The first-order chi connectivity index (χ1) is 13.0. The summed E-state index contributed by atoms with van der Waals surface area (Å²) in [5.74, 6) is 0.919. The van der Waals surface area contributed by atoms with Gasteiger partial charge in [0.1, 0.15) is 11.8 Å². The summed E-state index contributed by atoms with van der Waals surface area (Å²) in [5, 5.41) is 10.1. The lowest BCUT2D eigenvalue weighted by Crippen LogP contribution is -2.55. The van der Waals surface area contributed by atoms with Crippen LogP contribution in [-0.4, -0.2) is 54.4 Å². The van der Waals surface area contributed by atoms with Gasteiger partial charge in [0.15, 0.2) is 5.82 Å². The average molecular weight is 372 g/mol. The third kappa shape index (κ3) is 5.15. The highest BCUT2D eigenvalue weighted by molar-refractivity contribution is 5.94. The summed E-state index contributed by atoms with van der Waals surface area (Å²) >= 11 is 0. The van der Waals surface area contributed by atoms with Gasteiger partial charge in [0, 0.05) is 31.2 Å². The molecule has 1 fully saturated rings. The number of carbonyl (C=O) groups is 1. The molecule has 7 nitrogen and oxygen atoms in total. The van der Waals surface area contributed by atoms with Gasteiger partial charge in [-0.1, -0.05) is 35.5 Å². The van der Waals surface area contributed by atoms with Gasteiger partial charge in [0.2, 0.25) is 5.91 Å². The Balaban J connectivity index is 1.71. The van der Waals surface area contributed by atoms with Gasteiger partial charge in [-0.25, -0.2) is 0 Å². The van der Waals surface area contributed by atoms with Crippen LogP contribution in [-0.2, 0) is 9.53 Å². The molecule has 2 N–H and O–H groups in total. The number of amides is 1. The summed E-state index contributed by atoms with van der Waals surface area (Å²) in [4.78, 5) is 15.3. The smallest absolute Gasteiger partial charge is 0.247 e. The Morgan fingerprint density at radius 2 is 1.96 bits per heavy atom. The van der Waals surface area contributed by atoms with Crippen LogP contribution in [0.3, 0.4) is 0 Å². The van der Waals surface area contributed by atoms with Gasteiger partial charge in [0.25, 0.3) is 0 Å². The fourth-order valence-corrected chi connectivity index (χ4v) is 3.26. The zero-order valence-electron chi connectivity index (χ0n) is 16.2. The molecule has 7 heteroatoms. The number of nitrogens with zero attached hydrogens (tertiary/aromatic N) is 2. The lowest BCUT2D eigenvalue weighted by atomic mass is 9.99. The van der Waals surface area contributed by atoms with E-state index in [2.05, 4.69) is 34.5 Å². The van der Waals surface area contributed by atoms with Crippen molar-refractivity contribution < 1.29 is 14.1 Å². The highest BCUT2D eigenvalue weighted by atomic mass is 16.5. The Hall–Kier alpha value is -2.22. The first-order valence-corrected chi connectivity index (χ1v) is 9.31. The number of anilines is 1. The maximum Gasteiger partial charge on any atom is 0.247 e. The van der Waals surface area contributed by atoms with Crippen molar-refractivity contribution in [3.63, 3.8) is 0 Å². The van der Waals surface area contributed by atoms with E-state index in [-0.39, 0.29) is 11.4 Å². The molecule has 1 saturated heterocycles. The molecule has 1 aliphatic rings. The summed E-state index contributed by atoms with van der Waals surface area (Å²) in [6, 6.07) is 10.9. The molecule has 1 aromatic carbocycles. The van der Waals surface area contributed by atoms with Gasteiger partial charge in [0.05, 0.1) is 13.2 Å². The third-order valence-corrected chi connectivity index (χ3v) is 4.88. The largest absolute Gasteiger partial charge is 0.379 e. The van der Waals surface area contributed by atoms with Crippen LogP contribution < -0.4 is 10.6 Å². The Morgan fingerprint density at radius 1 is 1.26 bits per heavy atom. The Bertz CT molecular complexity index is 739. The molecule has 146 valence electrons. The van der Waals surface area contributed by atoms with Gasteiger partial charge < -0.3 is 19.9 Å². The van der Waals surface area contributed by atoms with Crippen LogP contribution in [0.4, 0.5) is 5.82 Å². The zero-order chi connectivity index (χ0) is 19.3. The monoisotopic (exact) mass is 372 g/mol. The summed E-state index contributed by atoms with van der Waals surface area (Å²) < 4.78 is 10.5. The third-order valence-electron chi connectivity index (χ3n) is 4.88. The minimum atomic E-state index is -0.483. The molecule has 0 radical (unpaired) electrons. The van der Waals surface area contributed by atoms with E-state index in [1.165, 1.54) is 0 Å². The van der Waals surface area contributed by atoms with E-state index in [4.69, 9.17) is 9.26 Å². The van der Waals surface area contributed by atoms with E-state index in [0.717, 1.165) is 31.9 Å². The fraction of sp³-hybridized carbons (Fsp3) is 0.500. The number of hydrogen-bond donors (Lipinski definition) is 2. The molecule has 1 aromatic heterocycles. The standard InChI is InChI=1S/C20H28N4O3/c1-15-13-17(23-27-15)22-19(25)18(16-7-5-4-6-8-16)21-14-20(2,3)24-9-11-26-12-10-24/h4-8,13,18,21H,9-12,14H2,1-3H3,(H,22,23,25)/t18-/m0/s1.